The summed E-state index contributed by atoms with van der Waals surface area (Å²) in [5, 5.41) is 1.19. The topological polar surface area (TPSA) is 55.3 Å². The Labute approximate surface area is 150 Å². The van der Waals surface area contributed by atoms with Crippen LogP contribution in [0.15, 0.2) is 42.6 Å². The molecule has 5 nitrogen and oxygen atoms in total. The van der Waals surface area contributed by atoms with Gasteiger partial charge < -0.3 is 9.64 Å². The first kappa shape index (κ1) is 16.0. The number of hydrogen-bond acceptors (Lipinski definition) is 5. The summed E-state index contributed by atoms with van der Waals surface area (Å²) >= 11 is 1.78. The number of likely N-dealkylation sites (tertiary alicyclic amines) is 1. The lowest BCUT2D eigenvalue weighted by atomic mass is 9.97. The Morgan fingerprint density at radius 2 is 2.00 bits per heavy atom. The Balaban J connectivity index is 1.42. The standard InChI is InChI=1S/C19H19N3O2S/c1-24-17-7-6-14(12-20-17)19(23)22-10-8-13(9-11-22)18-21-15-4-2-3-5-16(15)25-18/h2-7,12-13H,8-11H2,1H3. The Kier molecular flexibility index (Phi) is 4.36. The van der Waals surface area contributed by atoms with E-state index < -0.39 is 0 Å². The molecule has 3 aromatic rings. The number of thiazole rings is 1. The summed E-state index contributed by atoms with van der Waals surface area (Å²) in [6.07, 6.45) is 3.49. The van der Waals surface area contributed by atoms with Crippen LogP contribution in [0, 0.1) is 0 Å². The molecule has 0 N–H and O–H groups in total. The van der Waals surface area contributed by atoms with Gasteiger partial charge in [-0.2, -0.15) is 0 Å². The number of methoxy groups -OCH3 is 1. The van der Waals surface area contributed by atoms with Crippen LogP contribution >= 0.6 is 11.3 Å². The molecule has 1 aromatic carbocycles. The molecule has 0 unspecified atom stereocenters. The average Bonchev–Trinajstić information content (AvgIpc) is 3.12. The largest absolute Gasteiger partial charge is 0.481 e. The summed E-state index contributed by atoms with van der Waals surface area (Å²) in [7, 11) is 1.57. The van der Waals surface area contributed by atoms with Crippen molar-refractivity contribution in [1.29, 1.82) is 0 Å². The molecule has 25 heavy (non-hydrogen) atoms. The number of hydrogen-bond donors (Lipinski definition) is 0. The molecule has 0 bridgehead atoms. The summed E-state index contributed by atoms with van der Waals surface area (Å²) in [6.45, 7) is 1.51. The van der Waals surface area contributed by atoms with Gasteiger partial charge in [-0.3, -0.25) is 4.79 Å². The molecule has 1 amide bonds. The fourth-order valence-electron chi connectivity index (χ4n) is 3.20. The highest BCUT2D eigenvalue weighted by Crippen LogP contribution is 2.34. The molecule has 1 aliphatic heterocycles. The molecular weight excluding hydrogens is 334 g/mol. The van der Waals surface area contributed by atoms with E-state index in [9.17, 15) is 4.79 Å². The maximum atomic E-state index is 12.6. The minimum Gasteiger partial charge on any atom is -0.481 e. The van der Waals surface area contributed by atoms with Gasteiger partial charge in [-0.25, -0.2) is 9.97 Å². The zero-order valence-corrected chi connectivity index (χ0v) is 14.8. The van der Waals surface area contributed by atoms with E-state index in [-0.39, 0.29) is 5.91 Å². The number of aromatic nitrogens is 2. The number of piperidine rings is 1. The number of amides is 1. The van der Waals surface area contributed by atoms with Crippen molar-refractivity contribution in [3.8, 4) is 5.88 Å². The first-order valence-corrected chi connectivity index (χ1v) is 9.21. The predicted octanol–water partition coefficient (Wildman–Crippen LogP) is 3.72. The zero-order chi connectivity index (χ0) is 17.2. The molecule has 1 fully saturated rings. The van der Waals surface area contributed by atoms with Crippen LogP contribution in [0.25, 0.3) is 10.2 Å². The first-order chi connectivity index (χ1) is 12.2. The fraction of sp³-hybridized carbons (Fsp3) is 0.316. The summed E-state index contributed by atoms with van der Waals surface area (Å²) in [4.78, 5) is 23.4. The lowest BCUT2D eigenvalue weighted by molar-refractivity contribution is 0.0712. The first-order valence-electron chi connectivity index (χ1n) is 8.39. The quantitative estimate of drug-likeness (QED) is 0.720. The van der Waals surface area contributed by atoms with Crippen LogP contribution in [-0.4, -0.2) is 41.0 Å². The van der Waals surface area contributed by atoms with Crippen LogP contribution in [0.3, 0.4) is 0 Å². The summed E-state index contributed by atoms with van der Waals surface area (Å²) < 4.78 is 6.28. The van der Waals surface area contributed by atoms with Crippen LogP contribution in [0.2, 0.25) is 0 Å². The van der Waals surface area contributed by atoms with Gasteiger partial charge in [-0.15, -0.1) is 11.3 Å². The summed E-state index contributed by atoms with van der Waals surface area (Å²) in [5.41, 5.74) is 1.68. The van der Waals surface area contributed by atoms with Crippen LogP contribution in [-0.2, 0) is 0 Å². The number of benzene rings is 1. The lowest BCUT2D eigenvalue weighted by Gasteiger charge is -2.31. The van der Waals surface area contributed by atoms with Crippen molar-refractivity contribution >= 4 is 27.5 Å². The molecule has 1 aliphatic rings. The smallest absolute Gasteiger partial charge is 0.255 e. The van der Waals surface area contributed by atoms with Crippen LogP contribution in [0.4, 0.5) is 0 Å². The number of para-hydroxylation sites is 1. The second-order valence-electron chi connectivity index (χ2n) is 6.18. The van der Waals surface area contributed by atoms with E-state index in [4.69, 9.17) is 9.72 Å². The number of carbonyl (C=O) groups excluding carboxylic acids is 1. The number of fused-ring (bicyclic) bond motifs is 1. The molecule has 0 atom stereocenters. The second-order valence-corrected chi connectivity index (χ2v) is 7.24. The Morgan fingerprint density at radius 1 is 1.20 bits per heavy atom. The number of carbonyl (C=O) groups is 1. The third-order valence-corrected chi connectivity index (χ3v) is 5.83. The van der Waals surface area contributed by atoms with E-state index in [1.165, 1.54) is 9.71 Å². The fourth-order valence-corrected chi connectivity index (χ4v) is 4.34. The van der Waals surface area contributed by atoms with Crippen LogP contribution < -0.4 is 4.74 Å². The van der Waals surface area contributed by atoms with Gasteiger partial charge in [0.05, 0.1) is 27.9 Å². The molecule has 0 spiro atoms. The second kappa shape index (κ2) is 6.80. The van der Waals surface area contributed by atoms with Gasteiger partial charge in [-0.05, 0) is 31.0 Å². The third-order valence-electron chi connectivity index (χ3n) is 4.63. The molecule has 6 heteroatoms. The molecule has 128 valence electrons. The Bertz CT molecular complexity index is 850. The van der Waals surface area contributed by atoms with Crippen LogP contribution in [0.1, 0.15) is 34.1 Å². The summed E-state index contributed by atoms with van der Waals surface area (Å²) in [6, 6.07) is 11.7. The van der Waals surface area contributed by atoms with Crippen molar-refractivity contribution in [2.24, 2.45) is 0 Å². The van der Waals surface area contributed by atoms with Gasteiger partial charge in [0, 0.05) is 31.3 Å². The molecule has 1 saturated heterocycles. The molecule has 2 aromatic heterocycles. The molecule has 0 radical (unpaired) electrons. The highest BCUT2D eigenvalue weighted by atomic mass is 32.1. The maximum absolute atomic E-state index is 12.6. The molecule has 4 rings (SSSR count). The van der Waals surface area contributed by atoms with E-state index in [0.29, 0.717) is 17.4 Å². The van der Waals surface area contributed by atoms with E-state index in [0.717, 1.165) is 31.4 Å². The normalized spacial score (nSPS) is 15.5. The van der Waals surface area contributed by atoms with Crippen molar-refractivity contribution in [3.63, 3.8) is 0 Å². The van der Waals surface area contributed by atoms with Crippen molar-refractivity contribution in [2.75, 3.05) is 20.2 Å². The van der Waals surface area contributed by atoms with Gasteiger partial charge in [0.15, 0.2) is 0 Å². The number of ether oxygens (including phenoxy) is 1. The van der Waals surface area contributed by atoms with E-state index in [2.05, 4.69) is 23.2 Å². The lowest BCUT2D eigenvalue weighted by Crippen LogP contribution is -2.37. The van der Waals surface area contributed by atoms with Crippen molar-refractivity contribution in [2.45, 2.75) is 18.8 Å². The Hall–Kier alpha value is -2.47. The van der Waals surface area contributed by atoms with E-state index in [1.807, 2.05) is 11.0 Å². The highest BCUT2D eigenvalue weighted by molar-refractivity contribution is 7.18. The number of pyridine rings is 1. The molecular formula is C19H19N3O2S. The maximum Gasteiger partial charge on any atom is 0.255 e. The minimum atomic E-state index is 0.0397. The number of rotatable bonds is 3. The van der Waals surface area contributed by atoms with Crippen LogP contribution in [0.5, 0.6) is 5.88 Å². The zero-order valence-electron chi connectivity index (χ0n) is 14.0. The van der Waals surface area contributed by atoms with Gasteiger partial charge in [0.2, 0.25) is 5.88 Å². The minimum absolute atomic E-state index is 0.0397. The monoisotopic (exact) mass is 353 g/mol. The van der Waals surface area contributed by atoms with Gasteiger partial charge >= 0.3 is 0 Å². The predicted molar refractivity (Wildman–Crippen MR) is 98.3 cm³/mol. The van der Waals surface area contributed by atoms with Crippen molar-refractivity contribution in [3.05, 3.63) is 53.2 Å². The van der Waals surface area contributed by atoms with E-state index >= 15 is 0 Å². The summed E-state index contributed by atoms with van der Waals surface area (Å²) in [5.74, 6) is 0.999. The van der Waals surface area contributed by atoms with Gasteiger partial charge in [0.1, 0.15) is 0 Å². The third kappa shape index (κ3) is 3.22. The molecule has 0 aliphatic carbocycles. The average molecular weight is 353 g/mol. The van der Waals surface area contributed by atoms with Gasteiger partial charge in [-0.1, -0.05) is 12.1 Å². The molecule has 0 saturated carbocycles. The molecule has 3 heterocycles. The van der Waals surface area contributed by atoms with Crippen molar-refractivity contribution < 1.29 is 9.53 Å². The Morgan fingerprint density at radius 3 is 2.68 bits per heavy atom. The highest BCUT2D eigenvalue weighted by Gasteiger charge is 2.26. The van der Waals surface area contributed by atoms with E-state index in [1.54, 1.807) is 36.8 Å². The number of nitrogens with zero attached hydrogens (tertiary/aromatic N) is 3. The SMILES string of the molecule is COc1ccc(C(=O)N2CCC(c3nc4ccccc4s3)CC2)cn1. The van der Waals surface area contributed by atoms with Crippen molar-refractivity contribution in [1.82, 2.24) is 14.9 Å². The van der Waals surface area contributed by atoms with Gasteiger partial charge in [0.25, 0.3) is 5.91 Å².